The van der Waals surface area contributed by atoms with Gasteiger partial charge in [0.15, 0.2) is 5.82 Å². The van der Waals surface area contributed by atoms with E-state index in [1.807, 2.05) is 0 Å². The Morgan fingerprint density at radius 1 is 1.62 bits per heavy atom. The number of methoxy groups -OCH3 is 1. The van der Waals surface area contributed by atoms with Crippen LogP contribution in [0.1, 0.15) is 6.42 Å². The zero-order valence-electron chi connectivity index (χ0n) is 8.86. The van der Waals surface area contributed by atoms with E-state index in [4.69, 9.17) is 4.74 Å². The zero-order chi connectivity index (χ0) is 11.4. The topological polar surface area (TPSA) is 88.2 Å². The van der Waals surface area contributed by atoms with Crippen LogP contribution >= 0.6 is 0 Å². The van der Waals surface area contributed by atoms with Crippen molar-refractivity contribution < 1.29 is 9.53 Å². The molecule has 16 heavy (non-hydrogen) atoms. The van der Waals surface area contributed by atoms with Crippen LogP contribution < -0.4 is 20.9 Å². The molecule has 2 rings (SSSR count). The molecular formula is C9H13N5O2. The van der Waals surface area contributed by atoms with E-state index in [2.05, 4.69) is 26.1 Å². The average molecular weight is 223 g/mol. The molecule has 0 aliphatic carbocycles. The normalized spacial score (nSPS) is 19.4. The minimum Gasteiger partial charge on any atom is -0.480 e. The number of amides is 1. The lowest BCUT2D eigenvalue weighted by Gasteiger charge is -2.09. The van der Waals surface area contributed by atoms with Crippen molar-refractivity contribution in [2.24, 2.45) is 0 Å². The van der Waals surface area contributed by atoms with Crippen molar-refractivity contribution in [1.82, 2.24) is 20.8 Å². The molecule has 0 radical (unpaired) electrons. The molecule has 1 atom stereocenters. The van der Waals surface area contributed by atoms with Gasteiger partial charge in [-0.15, -0.1) is 0 Å². The molecule has 1 aliphatic rings. The summed E-state index contributed by atoms with van der Waals surface area (Å²) in [5, 5.41) is 2.66. The summed E-state index contributed by atoms with van der Waals surface area (Å²) in [6.45, 7) is 0.780. The van der Waals surface area contributed by atoms with Crippen molar-refractivity contribution in [1.29, 1.82) is 0 Å². The highest BCUT2D eigenvalue weighted by Gasteiger charge is 2.22. The largest absolute Gasteiger partial charge is 0.480 e. The molecule has 1 unspecified atom stereocenters. The number of carbonyl (C=O) groups excluding carboxylic acids is 1. The summed E-state index contributed by atoms with van der Waals surface area (Å²) in [7, 11) is 1.50. The molecule has 0 spiro atoms. The average Bonchev–Trinajstić information content (AvgIpc) is 2.83. The fourth-order valence-corrected chi connectivity index (χ4v) is 1.40. The van der Waals surface area contributed by atoms with Crippen LogP contribution in [0.2, 0.25) is 0 Å². The molecule has 1 saturated heterocycles. The van der Waals surface area contributed by atoms with Crippen LogP contribution in [0, 0.1) is 0 Å². The second kappa shape index (κ2) is 4.86. The van der Waals surface area contributed by atoms with Crippen LogP contribution in [0.3, 0.4) is 0 Å². The van der Waals surface area contributed by atoms with E-state index in [1.165, 1.54) is 19.5 Å². The molecule has 86 valence electrons. The predicted molar refractivity (Wildman–Crippen MR) is 56.8 cm³/mol. The summed E-state index contributed by atoms with van der Waals surface area (Å²) in [5.74, 6) is 0.626. The van der Waals surface area contributed by atoms with Gasteiger partial charge in [-0.05, 0) is 6.42 Å². The predicted octanol–water partition coefficient (Wildman–Crippen LogP) is -0.710. The van der Waals surface area contributed by atoms with Crippen molar-refractivity contribution in [2.75, 3.05) is 19.0 Å². The van der Waals surface area contributed by atoms with E-state index in [1.54, 1.807) is 0 Å². The van der Waals surface area contributed by atoms with Crippen LogP contribution in [-0.2, 0) is 4.79 Å². The van der Waals surface area contributed by atoms with E-state index in [0.29, 0.717) is 11.7 Å². The van der Waals surface area contributed by atoms with Crippen molar-refractivity contribution in [3.8, 4) is 5.88 Å². The summed E-state index contributed by atoms with van der Waals surface area (Å²) < 4.78 is 4.91. The van der Waals surface area contributed by atoms with E-state index in [-0.39, 0.29) is 11.9 Å². The lowest BCUT2D eigenvalue weighted by Crippen LogP contribution is -2.39. The zero-order valence-corrected chi connectivity index (χ0v) is 8.86. The number of hydrogen-bond donors (Lipinski definition) is 3. The first-order valence-corrected chi connectivity index (χ1v) is 4.95. The third-order valence-corrected chi connectivity index (χ3v) is 2.22. The van der Waals surface area contributed by atoms with E-state index >= 15 is 0 Å². The van der Waals surface area contributed by atoms with E-state index in [9.17, 15) is 4.79 Å². The lowest BCUT2D eigenvalue weighted by atomic mass is 10.2. The summed E-state index contributed by atoms with van der Waals surface area (Å²) in [4.78, 5) is 19.6. The molecule has 0 saturated carbocycles. The summed E-state index contributed by atoms with van der Waals surface area (Å²) in [6, 6.07) is -0.229. The molecule has 2 heterocycles. The standard InChI is InChI=1S/C9H13N5O2/c1-16-8-5-10-4-7(12-8)13-9(15)6-2-3-11-14-6/h4-6,11,14H,2-3H2,1H3,(H,12,13,15). The molecule has 1 aliphatic heterocycles. The number of nitrogens with zero attached hydrogens (tertiary/aromatic N) is 2. The fraction of sp³-hybridized carbons (Fsp3) is 0.444. The maximum atomic E-state index is 11.7. The molecule has 3 N–H and O–H groups in total. The maximum absolute atomic E-state index is 11.7. The van der Waals surface area contributed by atoms with Gasteiger partial charge in [0.1, 0.15) is 6.04 Å². The summed E-state index contributed by atoms with van der Waals surface area (Å²) in [6.07, 6.45) is 3.71. The molecular weight excluding hydrogens is 210 g/mol. The van der Waals surface area contributed by atoms with Crippen molar-refractivity contribution in [3.63, 3.8) is 0 Å². The van der Waals surface area contributed by atoms with Crippen molar-refractivity contribution in [3.05, 3.63) is 12.4 Å². The Morgan fingerprint density at radius 2 is 2.50 bits per heavy atom. The Bertz CT molecular complexity index is 378. The Balaban J connectivity index is 1.99. The third kappa shape index (κ3) is 2.44. The SMILES string of the molecule is COc1cncc(NC(=O)C2CCNN2)n1. The van der Waals surface area contributed by atoms with Gasteiger partial charge >= 0.3 is 0 Å². The molecule has 1 amide bonds. The van der Waals surface area contributed by atoms with Gasteiger partial charge in [0.2, 0.25) is 11.8 Å². The number of ether oxygens (including phenoxy) is 1. The molecule has 0 bridgehead atoms. The molecule has 1 aromatic rings. The smallest absolute Gasteiger partial charge is 0.244 e. The van der Waals surface area contributed by atoms with Gasteiger partial charge in [-0.2, -0.15) is 4.98 Å². The fourth-order valence-electron chi connectivity index (χ4n) is 1.40. The second-order valence-electron chi connectivity index (χ2n) is 3.35. The minimum absolute atomic E-state index is 0.132. The Kier molecular flexibility index (Phi) is 3.28. The number of aromatic nitrogens is 2. The lowest BCUT2D eigenvalue weighted by molar-refractivity contribution is -0.117. The summed E-state index contributed by atoms with van der Waals surface area (Å²) >= 11 is 0. The molecule has 1 fully saturated rings. The number of hydrazine groups is 1. The number of anilines is 1. The van der Waals surface area contributed by atoms with Gasteiger partial charge in [-0.25, -0.2) is 5.43 Å². The molecule has 0 aromatic carbocycles. The summed E-state index contributed by atoms with van der Waals surface area (Å²) in [5.41, 5.74) is 5.75. The maximum Gasteiger partial charge on any atom is 0.244 e. The first kappa shape index (κ1) is 10.8. The van der Waals surface area contributed by atoms with Crippen LogP contribution in [0.5, 0.6) is 5.88 Å². The quantitative estimate of drug-likeness (QED) is 0.627. The molecule has 1 aromatic heterocycles. The van der Waals surface area contributed by atoms with Gasteiger partial charge < -0.3 is 10.1 Å². The monoisotopic (exact) mass is 223 g/mol. The van der Waals surface area contributed by atoms with Gasteiger partial charge in [-0.1, -0.05) is 0 Å². The van der Waals surface area contributed by atoms with Gasteiger partial charge in [0.25, 0.3) is 0 Å². The van der Waals surface area contributed by atoms with Crippen LogP contribution in [0.25, 0.3) is 0 Å². The Morgan fingerprint density at radius 3 is 3.19 bits per heavy atom. The van der Waals surface area contributed by atoms with Crippen LogP contribution in [0.4, 0.5) is 5.82 Å². The molecule has 7 heteroatoms. The van der Waals surface area contributed by atoms with Crippen LogP contribution in [0.15, 0.2) is 12.4 Å². The van der Waals surface area contributed by atoms with E-state index < -0.39 is 0 Å². The third-order valence-electron chi connectivity index (χ3n) is 2.22. The van der Waals surface area contributed by atoms with Crippen molar-refractivity contribution in [2.45, 2.75) is 12.5 Å². The highest BCUT2D eigenvalue weighted by molar-refractivity contribution is 5.94. The Labute approximate surface area is 92.6 Å². The van der Waals surface area contributed by atoms with Crippen molar-refractivity contribution >= 4 is 11.7 Å². The van der Waals surface area contributed by atoms with Crippen LogP contribution in [-0.4, -0.2) is 35.6 Å². The van der Waals surface area contributed by atoms with Gasteiger partial charge in [-0.3, -0.25) is 15.2 Å². The molecule has 7 nitrogen and oxygen atoms in total. The first-order chi connectivity index (χ1) is 7.79. The highest BCUT2D eigenvalue weighted by Crippen LogP contribution is 2.09. The number of rotatable bonds is 3. The van der Waals surface area contributed by atoms with E-state index in [0.717, 1.165) is 13.0 Å². The minimum atomic E-state index is -0.229. The number of hydrogen-bond acceptors (Lipinski definition) is 6. The number of nitrogens with one attached hydrogen (secondary N) is 3. The van der Waals surface area contributed by atoms with Gasteiger partial charge in [0.05, 0.1) is 19.5 Å². The highest BCUT2D eigenvalue weighted by atomic mass is 16.5. The number of carbonyl (C=O) groups is 1. The Hall–Kier alpha value is -1.73. The van der Waals surface area contributed by atoms with Gasteiger partial charge in [0, 0.05) is 6.54 Å². The first-order valence-electron chi connectivity index (χ1n) is 4.95. The second-order valence-corrected chi connectivity index (χ2v) is 3.35.